The van der Waals surface area contributed by atoms with Crippen LogP contribution in [0.4, 0.5) is 5.69 Å². The maximum Gasteiger partial charge on any atom is 0.414 e. The summed E-state index contributed by atoms with van der Waals surface area (Å²) in [5, 5.41) is 29.0. The summed E-state index contributed by atoms with van der Waals surface area (Å²) >= 11 is 0. The second kappa shape index (κ2) is 14.4. The molecular weight excluding hydrogens is 360 g/mol. The molecule has 0 radical (unpaired) electrons. The molecule has 1 aromatic carbocycles. The van der Waals surface area contributed by atoms with Crippen LogP contribution < -0.4 is 10.1 Å². The molecule has 27 heavy (non-hydrogen) atoms. The molecule has 0 saturated heterocycles. The highest BCUT2D eigenvalue weighted by molar-refractivity contribution is 6.27. The summed E-state index contributed by atoms with van der Waals surface area (Å²) in [6.07, 6.45) is 2.34. The van der Waals surface area contributed by atoms with Gasteiger partial charge in [-0.1, -0.05) is 19.4 Å². The quantitative estimate of drug-likeness (QED) is 0.224. The van der Waals surface area contributed by atoms with Crippen LogP contribution in [0.3, 0.4) is 0 Å². The number of carboxylic acids is 2. The van der Waals surface area contributed by atoms with E-state index in [-0.39, 0.29) is 11.4 Å². The fraction of sp³-hybridized carbons (Fsp3) is 0.529. The van der Waals surface area contributed by atoms with Gasteiger partial charge in [0, 0.05) is 12.6 Å². The summed E-state index contributed by atoms with van der Waals surface area (Å²) in [6.45, 7) is 7.12. The number of ether oxygens (including phenoxy) is 2. The van der Waals surface area contributed by atoms with Gasteiger partial charge in [-0.3, -0.25) is 10.1 Å². The van der Waals surface area contributed by atoms with E-state index in [1.165, 1.54) is 18.9 Å². The third-order valence-electron chi connectivity index (χ3n) is 3.11. The Morgan fingerprint density at radius 2 is 1.81 bits per heavy atom. The molecule has 152 valence electrons. The lowest BCUT2D eigenvalue weighted by Crippen LogP contribution is -2.21. The Balaban J connectivity index is 0.000000972. The molecule has 0 aromatic heterocycles. The van der Waals surface area contributed by atoms with Crippen molar-refractivity contribution in [1.29, 1.82) is 0 Å². The van der Waals surface area contributed by atoms with Crippen LogP contribution in [0.2, 0.25) is 0 Å². The number of carboxylic acid groups (broad SMARTS) is 2. The van der Waals surface area contributed by atoms with Gasteiger partial charge in [0.1, 0.15) is 6.61 Å². The first kappa shape index (κ1) is 24.3. The zero-order valence-electron chi connectivity index (χ0n) is 15.5. The first-order chi connectivity index (χ1) is 12.8. The van der Waals surface area contributed by atoms with Crippen LogP contribution in [0, 0.1) is 17.0 Å². The second-order valence-corrected chi connectivity index (χ2v) is 5.40. The van der Waals surface area contributed by atoms with Gasteiger partial charge in [-0.25, -0.2) is 9.59 Å². The zero-order chi connectivity index (χ0) is 20.7. The van der Waals surface area contributed by atoms with E-state index in [9.17, 15) is 10.1 Å². The van der Waals surface area contributed by atoms with Crippen LogP contribution >= 0.6 is 0 Å². The molecule has 0 amide bonds. The summed E-state index contributed by atoms with van der Waals surface area (Å²) in [5.41, 5.74) is 0.833. The number of benzene rings is 1. The first-order valence-corrected chi connectivity index (χ1v) is 8.42. The average Bonchev–Trinajstić information content (AvgIpc) is 2.61. The lowest BCUT2D eigenvalue weighted by Gasteiger charge is -2.08. The molecule has 0 saturated carbocycles. The third-order valence-corrected chi connectivity index (χ3v) is 3.11. The maximum atomic E-state index is 10.9. The van der Waals surface area contributed by atoms with E-state index < -0.39 is 16.9 Å². The average molecular weight is 386 g/mol. The minimum Gasteiger partial charge on any atom is -0.484 e. The van der Waals surface area contributed by atoms with Crippen molar-refractivity contribution in [3.63, 3.8) is 0 Å². The minimum atomic E-state index is -1.82. The molecule has 0 atom stereocenters. The van der Waals surface area contributed by atoms with E-state index in [2.05, 4.69) is 12.2 Å². The Morgan fingerprint density at radius 3 is 2.37 bits per heavy atom. The van der Waals surface area contributed by atoms with Gasteiger partial charge in [0.05, 0.1) is 18.1 Å². The van der Waals surface area contributed by atoms with Gasteiger partial charge in [0.15, 0.2) is 5.75 Å². The highest BCUT2D eigenvalue weighted by Crippen LogP contribution is 2.27. The van der Waals surface area contributed by atoms with E-state index in [4.69, 9.17) is 29.3 Å². The lowest BCUT2D eigenvalue weighted by molar-refractivity contribution is -0.385. The van der Waals surface area contributed by atoms with Crippen molar-refractivity contribution in [2.45, 2.75) is 26.7 Å². The molecule has 0 bridgehead atoms. The first-order valence-electron chi connectivity index (χ1n) is 8.42. The highest BCUT2D eigenvalue weighted by atomic mass is 16.6. The molecular formula is C17H26N2O8. The third kappa shape index (κ3) is 12.3. The van der Waals surface area contributed by atoms with Crippen LogP contribution in [0.15, 0.2) is 18.2 Å². The van der Waals surface area contributed by atoms with Gasteiger partial charge in [-0.2, -0.15) is 0 Å². The largest absolute Gasteiger partial charge is 0.484 e. The summed E-state index contributed by atoms with van der Waals surface area (Å²) < 4.78 is 10.8. The minimum absolute atomic E-state index is 0.00349. The van der Waals surface area contributed by atoms with E-state index in [0.717, 1.165) is 18.7 Å². The Bertz CT molecular complexity index is 595. The number of nitro groups is 1. The van der Waals surface area contributed by atoms with Crippen LogP contribution in [-0.2, 0) is 14.3 Å². The van der Waals surface area contributed by atoms with Crippen molar-refractivity contribution >= 4 is 17.6 Å². The van der Waals surface area contributed by atoms with Crippen LogP contribution in [0.25, 0.3) is 0 Å². The molecule has 3 N–H and O–H groups in total. The van der Waals surface area contributed by atoms with E-state index in [1.807, 2.05) is 6.92 Å². The smallest absolute Gasteiger partial charge is 0.414 e. The Labute approximate surface area is 157 Å². The van der Waals surface area contributed by atoms with Gasteiger partial charge in [0.2, 0.25) is 0 Å². The van der Waals surface area contributed by atoms with Crippen molar-refractivity contribution in [2.24, 2.45) is 0 Å². The Morgan fingerprint density at radius 1 is 1.15 bits per heavy atom. The zero-order valence-corrected chi connectivity index (χ0v) is 15.5. The number of aliphatic carboxylic acids is 2. The molecule has 0 heterocycles. The molecule has 1 rings (SSSR count). The predicted molar refractivity (Wildman–Crippen MR) is 97.2 cm³/mol. The second-order valence-electron chi connectivity index (χ2n) is 5.40. The number of hydrogen-bond donors (Lipinski definition) is 3. The molecule has 1 aromatic rings. The number of unbranched alkanes of at least 4 members (excludes halogenated alkanes) is 1. The number of carbonyl (C=O) groups is 2. The summed E-state index contributed by atoms with van der Waals surface area (Å²) in [7, 11) is 0. The van der Waals surface area contributed by atoms with Crippen LogP contribution in [0.5, 0.6) is 5.75 Å². The van der Waals surface area contributed by atoms with Crippen molar-refractivity contribution in [1.82, 2.24) is 5.32 Å². The number of aryl methyl sites for hydroxylation is 1. The van der Waals surface area contributed by atoms with Crippen molar-refractivity contribution in [3.8, 4) is 5.75 Å². The Kier molecular flexibility index (Phi) is 13.0. The summed E-state index contributed by atoms with van der Waals surface area (Å²) in [6, 6.07) is 4.93. The van der Waals surface area contributed by atoms with E-state index in [1.54, 1.807) is 12.1 Å². The molecule has 0 fully saturated rings. The molecule has 0 unspecified atom stereocenters. The number of hydrogen-bond acceptors (Lipinski definition) is 7. The van der Waals surface area contributed by atoms with E-state index >= 15 is 0 Å². The highest BCUT2D eigenvalue weighted by Gasteiger charge is 2.14. The maximum absolute atomic E-state index is 10.9. The molecule has 10 heteroatoms. The van der Waals surface area contributed by atoms with Crippen LogP contribution in [-0.4, -0.2) is 60.0 Å². The predicted octanol–water partition coefficient (Wildman–Crippen LogP) is 1.84. The van der Waals surface area contributed by atoms with Gasteiger partial charge in [0.25, 0.3) is 0 Å². The monoisotopic (exact) mass is 386 g/mol. The molecule has 0 aliphatic carbocycles. The summed E-state index contributed by atoms with van der Waals surface area (Å²) in [4.78, 5) is 28.7. The van der Waals surface area contributed by atoms with Gasteiger partial charge < -0.3 is 25.0 Å². The van der Waals surface area contributed by atoms with Gasteiger partial charge >= 0.3 is 17.6 Å². The molecule has 10 nitrogen and oxygen atoms in total. The fourth-order valence-electron chi connectivity index (χ4n) is 1.78. The molecule has 0 spiro atoms. The standard InChI is InChI=1S/C15H24N2O4.C2H2O4/c1-3-4-7-16-8-9-20-10-11-21-15-6-5-13(2)12-14(15)17(18)19;3-1(4)2(5)6/h5-6,12,16H,3-4,7-11H2,1-2H3;(H,3,4)(H,5,6). The molecule has 0 aliphatic heterocycles. The fourth-order valence-corrected chi connectivity index (χ4v) is 1.78. The van der Waals surface area contributed by atoms with E-state index in [0.29, 0.717) is 19.8 Å². The topological polar surface area (TPSA) is 148 Å². The van der Waals surface area contributed by atoms with Crippen molar-refractivity contribution < 1.29 is 34.2 Å². The number of nitrogens with zero attached hydrogens (tertiary/aromatic N) is 1. The normalized spacial score (nSPS) is 9.85. The lowest BCUT2D eigenvalue weighted by atomic mass is 10.2. The number of rotatable bonds is 11. The van der Waals surface area contributed by atoms with Crippen LogP contribution in [0.1, 0.15) is 25.3 Å². The summed E-state index contributed by atoms with van der Waals surface area (Å²) in [5.74, 6) is -3.36. The van der Waals surface area contributed by atoms with Crippen molar-refractivity contribution in [3.05, 3.63) is 33.9 Å². The molecule has 0 aliphatic rings. The SMILES string of the molecule is CCCCNCCOCCOc1ccc(C)cc1[N+](=O)[O-].O=C(O)C(=O)O. The van der Waals surface area contributed by atoms with Crippen molar-refractivity contribution in [2.75, 3.05) is 32.9 Å². The Hall–Kier alpha value is -2.72. The van der Waals surface area contributed by atoms with Gasteiger partial charge in [-0.15, -0.1) is 0 Å². The number of nitrogens with one attached hydrogen (secondary N) is 1. The van der Waals surface area contributed by atoms with Gasteiger partial charge in [-0.05, 0) is 31.5 Å². The number of nitro benzene ring substituents is 1.